The quantitative estimate of drug-likeness (QED) is 0.892. The van der Waals surface area contributed by atoms with Gasteiger partial charge in [-0.3, -0.25) is 0 Å². The molecule has 3 nitrogen and oxygen atoms in total. The summed E-state index contributed by atoms with van der Waals surface area (Å²) in [5, 5.41) is 9.42. The predicted octanol–water partition coefficient (Wildman–Crippen LogP) is 4.37. The molecule has 0 saturated carbocycles. The molecule has 0 radical (unpaired) electrons. The van der Waals surface area contributed by atoms with Gasteiger partial charge in [-0.1, -0.05) is 62.7 Å². The Bertz CT molecular complexity index is 666. The molecular weight excluding hydrogens is 288 g/mol. The van der Waals surface area contributed by atoms with Gasteiger partial charge in [-0.05, 0) is 35.6 Å². The maximum Gasteiger partial charge on any atom is 0.345 e. The van der Waals surface area contributed by atoms with Gasteiger partial charge in [0.1, 0.15) is 5.75 Å². The van der Waals surface area contributed by atoms with Gasteiger partial charge < -0.3 is 9.84 Å². The summed E-state index contributed by atoms with van der Waals surface area (Å²) in [4.78, 5) is 11.5. The van der Waals surface area contributed by atoms with Crippen molar-refractivity contribution in [2.24, 2.45) is 0 Å². The maximum absolute atomic E-state index is 11.5. The largest absolute Gasteiger partial charge is 0.478 e. The fourth-order valence-corrected chi connectivity index (χ4v) is 2.43. The van der Waals surface area contributed by atoms with E-state index in [9.17, 15) is 9.90 Å². The Morgan fingerprint density at radius 3 is 2.30 bits per heavy atom. The van der Waals surface area contributed by atoms with Crippen LogP contribution in [0.25, 0.3) is 0 Å². The second-order valence-corrected chi connectivity index (χ2v) is 6.91. The number of hydrogen-bond donors (Lipinski definition) is 1. The molecule has 2 aromatic rings. The van der Waals surface area contributed by atoms with E-state index in [4.69, 9.17) is 4.74 Å². The van der Waals surface area contributed by atoms with Gasteiger partial charge in [0.05, 0.1) is 0 Å². The Morgan fingerprint density at radius 2 is 1.78 bits per heavy atom. The van der Waals surface area contributed by atoms with Crippen LogP contribution in [-0.2, 0) is 16.6 Å². The second-order valence-electron chi connectivity index (χ2n) is 6.91. The molecule has 23 heavy (non-hydrogen) atoms. The van der Waals surface area contributed by atoms with E-state index in [1.54, 1.807) is 0 Å². The van der Waals surface area contributed by atoms with Gasteiger partial charge in [0.15, 0.2) is 6.10 Å². The van der Waals surface area contributed by atoms with Crippen LogP contribution in [0.3, 0.4) is 0 Å². The number of rotatable bonds is 5. The van der Waals surface area contributed by atoms with Crippen molar-refractivity contribution in [3.8, 4) is 5.75 Å². The molecular formula is C20H24O3. The lowest BCUT2D eigenvalue weighted by Crippen LogP contribution is -2.29. The molecule has 1 atom stereocenters. The van der Waals surface area contributed by atoms with Crippen molar-refractivity contribution in [3.05, 3.63) is 65.2 Å². The molecule has 2 aromatic carbocycles. The summed E-state index contributed by atoms with van der Waals surface area (Å²) in [5.74, 6) is -0.371. The highest BCUT2D eigenvalue weighted by molar-refractivity contribution is 5.73. The molecule has 0 aromatic heterocycles. The van der Waals surface area contributed by atoms with E-state index < -0.39 is 12.1 Å². The smallest absolute Gasteiger partial charge is 0.345 e. The van der Waals surface area contributed by atoms with E-state index in [0.29, 0.717) is 12.2 Å². The first-order valence-electron chi connectivity index (χ1n) is 7.81. The van der Waals surface area contributed by atoms with Crippen LogP contribution in [0.15, 0.2) is 48.5 Å². The molecule has 1 N–H and O–H groups in total. The number of aryl methyl sites for hydroxylation is 1. The average molecular weight is 312 g/mol. The number of benzene rings is 2. The van der Waals surface area contributed by atoms with Crippen molar-refractivity contribution in [2.75, 3.05) is 0 Å². The zero-order chi connectivity index (χ0) is 17.0. The molecule has 0 heterocycles. The fourth-order valence-electron chi connectivity index (χ4n) is 2.43. The lowest BCUT2D eigenvalue weighted by Gasteiger charge is -2.20. The molecule has 2 rings (SSSR count). The monoisotopic (exact) mass is 312 g/mol. The first kappa shape index (κ1) is 17.1. The van der Waals surface area contributed by atoms with E-state index >= 15 is 0 Å². The Kier molecular flexibility index (Phi) is 5.09. The first-order chi connectivity index (χ1) is 10.8. The second kappa shape index (κ2) is 6.86. The van der Waals surface area contributed by atoms with Crippen molar-refractivity contribution in [1.29, 1.82) is 0 Å². The standard InChI is InChI=1S/C20H24O3/c1-14-6-5-7-15(12-14)13-18(19(21)22)23-17-10-8-16(9-11-17)20(2,3)4/h5-12,18H,13H2,1-4H3,(H,21,22)/t18-/m0/s1. The van der Waals surface area contributed by atoms with E-state index in [1.165, 1.54) is 5.56 Å². The van der Waals surface area contributed by atoms with Crippen LogP contribution in [0.1, 0.15) is 37.5 Å². The average Bonchev–Trinajstić information content (AvgIpc) is 2.46. The highest BCUT2D eigenvalue weighted by Crippen LogP contribution is 2.25. The van der Waals surface area contributed by atoms with Gasteiger partial charge in [0.25, 0.3) is 0 Å². The Hall–Kier alpha value is -2.29. The van der Waals surface area contributed by atoms with Gasteiger partial charge in [-0.25, -0.2) is 4.79 Å². The lowest BCUT2D eigenvalue weighted by atomic mass is 9.87. The minimum atomic E-state index is -0.952. The van der Waals surface area contributed by atoms with Gasteiger partial charge in [-0.2, -0.15) is 0 Å². The zero-order valence-electron chi connectivity index (χ0n) is 14.2. The number of ether oxygens (including phenoxy) is 1. The first-order valence-corrected chi connectivity index (χ1v) is 7.81. The molecule has 0 saturated heterocycles. The number of carboxylic acid groups (broad SMARTS) is 1. The van der Waals surface area contributed by atoms with Crippen molar-refractivity contribution < 1.29 is 14.6 Å². The molecule has 0 aliphatic heterocycles. The normalized spacial score (nSPS) is 12.7. The Morgan fingerprint density at radius 1 is 1.13 bits per heavy atom. The number of hydrogen-bond acceptors (Lipinski definition) is 2. The maximum atomic E-state index is 11.5. The molecule has 122 valence electrons. The van der Waals surface area contributed by atoms with Gasteiger partial charge in [0, 0.05) is 6.42 Å². The minimum Gasteiger partial charge on any atom is -0.478 e. The molecule has 0 amide bonds. The summed E-state index contributed by atoms with van der Waals surface area (Å²) >= 11 is 0. The van der Waals surface area contributed by atoms with Gasteiger partial charge >= 0.3 is 5.97 Å². The van der Waals surface area contributed by atoms with Crippen LogP contribution >= 0.6 is 0 Å². The SMILES string of the molecule is Cc1cccc(C[C@H](Oc2ccc(C(C)(C)C)cc2)C(=O)O)c1. The summed E-state index contributed by atoms with van der Waals surface area (Å²) in [7, 11) is 0. The molecule has 0 aliphatic carbocycles. The van der Waals surface area contributed by atoms with Crippen LogP contribution < -0.4 is 4.74 Å². The van der Waals surface area contributed by atoms with Crippen molar-refractivity contribution in [1.82, 2.24) is 0 Å². The number of carboxylic acids is 1. The molecule has 3 heteroatoms. The Labute approximate surface area is 137 Å². The highest BCUT2D eigenvalue weighted by atomic mass is 16.5. The van der Waals surface area contributed by atoms with Crippen molar-refractivity contribution >= 4 is 5.97 Å². The summed E-state index contributed by atoms with van der Waals surface area (Å²) in [5.41, 5.74) is 3.33. The van der Waals surface area contributed by atoms with Crippen LogP contribution in [0.4, 0.5) is 0 Å². The van der Waals surface area contributed by atoms with Gasteiger partial charge in [-0.15, -0.1) is 0 Å². The zero-order valence-corrected chi connectivity index (χ0v) is 14.2. The summed E-state index contributed by atoms with van der Waals surface area (Å²) in [6.45, 7) is 8.41. The van der Waals surface area contributed by atoms with E-state index in [-0.39, 0.29) is 5.41 Å². The molecule has 0 spiro atoms. The summed E-state index contributed by atoms with van der Waals surface area (Å²) in [6, 6.07) is 15.5. The third-order valence-electron chi connectivity index (χ3n) is 3.78. The van der Waals surface area contributed by atoms with E-state index in [0.717, 1.165) is 11.1 Å². The summed E-state index contributed by atoms with van der Waals surface area (Å²) < 4.78 is 5.69. The van der Waals surface area contributed by atoms with Crippen LogP contribution in [0.2, 0.25) is 0 Å². The number of carbonyl (C=O) groups is 1. The highest BCUT2D eigenvalue weighted by Gasteiger charge is 2.21. The van der Waals surface area contributed by atoms with Crippen LogP contribution in [0, 0.1) is 6.92 Å². The number of aliphatic carboxylic acids is 1. The predicted molar refractivity (Wildman–Crippen MR) is 92.1 cm³/mol. The summed E-state index contributed by atoms with van der Waals surface area (Å²) in [6.07, 6.45) is -0.546. The third-order valence-corrected chi connectivity index (χ3v) is 3.78. The molecule has 0 aliphatic rings. The van der Waals surface area contributed by atoms with E-state index in [2.05, 4.69) is 20.8 Å². The molecule has 0 unspecified atom stereocenters. The van der Waals surface area contributed by atoms with Crippen molar-refractivity contribution in [2.45, 2.75) is 45.6 Å². The third kappa shape index (κ3) is 4.85. The van der Waals surface area contributed by atoms with E-state index in [1.807, 2.05) is 55.5 Å². The van der Waals surface area contributed by atoms with Crippen LogP contribution in [-0.4, -0.2) is 17.2 Å². The van der Waals surface area contributed by atoms with Crippen molar-refractivity contribution in [3.63, 3.8) is 0 Å². The topological polar surface area (TPSA) is 46.5 Å². The molecule has 0 bridgehead atoms. The lowest BCUT2D eigenvalue weighted by molar-refractivity contribution is -0.145. The van der Waals surface area contributed by atoms with Gasteiger partial charge in [0.2, 0.25) is 0 Å². The fraction of sp³-hybridized carbons (Fsp3) is 0.350. The van der Waals surface area contributed by atoms with Crippen LogP contribution in [0.5, 0.6) is 5.75 Å². The Balaban J connectivity index is 2.12. The minimum absolute atomic E-state index is 0.0618. The molecule has 0 fully saturated rings.